The van der Waals surface area contributed by atoms with Crippen LogP contribution in [0.5, 0.6) is 0 Å². The lowest BCUT2D eigenvalue weighted by molar-refractivity contribution is 0.0945. The Kier molecular flexibility index (Phi) is 3.97. The van der Waals surface area contributed by atoms with E-state index in [-0.39, 0.29) is 5.91 Å². The van der Waals surface area contributed by atoms with Crippen LogP contribution in [-0.4, -0.2) is 20.9 Å². The third-order valence-electron chi connectivity index (χ3n) is 2.89. The van der Waals surface area contributed by atoms with E-state index in [1.165, 1.54) is 18.6 Å². The van der Waals surface area contributed by atoms with Gasteiger partial charge in [0.2, 0.25) is 0 Å². The van der Waals surface area contributed by atoms with Crippen molar-refractivity contribution < 1.29 is 4.79 Å². The molecule has 0 saturated heterocycles. The van der Waals surface area contributed by atoms with Crippen molar-refractivity contribution in [3.05, 3.63) is 65.0 Å². The number of thiophene rings is 1. The van der Waals surface area contributed by atoms with E-state index in [1.54, 1.807) is 17.5 Å². The molecule has 0 fully saturated rings. The van der Waals surface area contributed by atoms with E-state index < -0.39 is 0 Å². The van der Waals surface area contributed by atoms with E-state index in [0.29, 0.717) is 12.2 Å². The zero-order valence-corrected chi connectivity index (χ0v) is 11.9. The highest BCUT2D eigenvalue weighted by Gasteiger charge is 2.07. The van der Waals surface area contributed by atoms with Gasteiger partial charge in [-0.2, -0.15) is 11.3 Å². The summed E-state index contributed by atoms with van der Waals surface area (Å²) in [4.78, 5) is 24.1. The molecule has 3 aromatic rings. The monoisotopic (exact) mass is 296 g/mol. The average Bonchev–Trinajstić information content (AvgIpc) is 3.08. The van der Waals surface area contributed by atoms with E-state index in [2.05, 4.69) is 20.3 Å². The second kappa shape index (κ2) is 6.23. The Balaban J connectivity index is 1.69. The predicted octanol–water partition coefficient (Wildman–Crippen LogP) is 2.53. The number of aromatic nitrogens is 3. The minimum atomic E-state index is -0.239. The number of pyridine rings is 1. The number of carbonyl (C=O) groups excluding carboxylic acids is 1. The Bertz CT molecular complexity index is 728. The number of rotatable bonds is 4. The Labute approximate surface area is 125 Å². The Morgan fingerprint density at radius 1 is 1.19 bits per heavy atom. The van der Waals surface area contributed by atoms with Gasteiger partial charge in [-0.05, 0) is 29.1 Å². The molecule has 0 bridgehead atoms. The van der Waals surface area contributed by atoms with Gasteiger partial charge in [0.1, 0.15) is 5.69 Å². The van der Waals surface area contributed by atoms with Gasteiger partial charge in [0, 0.05) is 36.1 Å². The third-order valence-corrected chi connectivity index (χ3v) is 3.57. The second-order valence-electron chi connectivity index (χ2n) is 4.33. The lowest BCUT2D eigenvalue weighted by Gasteiger charge is -2.05. The summed E-state index contributed by atoms with van der Waals surface area (Å²) in [5.74, 6) is -0.239. The number of carbonyl (C=O) groups is 1. The molecule has 3 aromatic heterocycles. The van der Waals surface area contributed by atoms with Crippen molar-refractivity contribution in [3.8, 4) is 11.3 Å². The zero-order valence-electron chi connectivity index (χ0n) is 11.1. The van der Waals surface area contributed by atoms with Crippen molar-refractivity contribution in [2.45, 2.75) is 6.54 Å². The molecule has 0 aromatic carbocycles. The van der Waals surface area contributed by atoms with Gasteiger partial charge in [-0.1, -0.05) is 0 Å². The van der Waals surface area contributed by atoms with Crippen molar-refractivity contribution in [1.29, 1.82) is 0 Å². The molecule has 0 atom stereocenters. The smallest absolute Gasteiger partial charge is 0.271 e. The third kappa shape index (κ3) is 3.29. The van der Waals surface area contributed by atoms with Gasteiger partial charge >= 0.3 is 0 Å². The van der Waals surface area contributed by atoms with Crippen molar-refractivity contribution in [2.75, 3.05) is 0 Å². The fourth-order valence-corrected chi connectivity index (χ4v) is 2.49. The largest absolute Gasteiger partial charge is 0.347 e. The first-order chi connectivity index (χ1) is 10.3. The maximum atomic E-state index is 11.9. The molecular weight excluding hydrogens is 284 g/mol. The first-order valence-electron chi connectivity index (χ1n) is 6.34. The summed E-state index contributed by atoms with van der Waals surface area (Å²) >= 11 is 1.63. The fourth-order valence-electron chi connectivity index (χ4n) is 1.84. The van der Waals surface area contributed by atoms with E-state index in [1.807, 2.05) is 29.0 Å². The van der Waals surface area contributed by atoms with Crippen LogP contribution in [0.1, 0.15) is 16.1 Å². The van der Waals surface area contributed by atoms with Gasteiger partial charge in [0.05, 0.1) is 11.9 Å². The highest BCUT2D eigenvalue weighted by atomic mass is 32.1. The topological polar surface area (TPSA) is 67.8 Å². The SMILES string of the molecule is O=C(NCc1ccnc(-c2ccsc2)c1)c1cnccn1. The van der Waals surface area contributed by atoms with Crippen LogP contribution in [0.15, 0.2) is 53.7 Å². The summed E-state index contributed by atoms with van der Waals surface area (Å²) < 4.78 is 0. The van der Waals surface area contributed by atoms with Gasteiger partial charge in [0.25, 0.3) is 5.91 Å². The molecule has 0 radical (unpaired) electrons. The molecule has 6 heteroatoms. The molecule has 1 N–H and O–H groups in total. The lowest BCUT2D eigenvalue weighted by Crippen LogP contribution is -2.23. The normalized spacial score (nSPS) is 10.3. The van der Waals surface area contributed by atoms with E-state index >= 15 is 0 Å². The molecule has 0 aliphatic carbocycles. The molecule has 3 rings (SSSR count). The summed E-state index contributed by atoms with van der Waals surface area (Å²) in [6, 6.07) is 5.88. The van der Waals surface area contributed by atoms with Gasteiger partial charge < -0.3 is 5.32 Å². The number of hydrogen-bond donors (Lipinski definition) is 1. The Hall–Kier alpha value is -2.60. The van der Waals surface area contributed by atoms with Crippen LogP contribution in [-0.2, 0) is 6.54 Å². The minimum Gasteiger partial charge on any atom is -0.347 e. The highest BCUT2D eigenvalue weighted by molar-refractivity contribution is 7.08. The Morgan fingerprint density at radius 3 is 2.90 bits per heavy atom. The van der Waals surface area contributed by atoms with Crippen LogP contribution in [0.2, 0.25) is 0 Å². The maximum Gasteiger partial charge on any atom is 0.271 e. The number of nitrogens with one attached hydrogen (secondary N) is 1. The van der Waals surface area contributed by atoms with E-state index in [9.17, 15) is 4.79 Å². The molecule has 0 spiro atoms. The van der Waals surface area contributed by atoms with Crippen LogP contribution in [0.3, 0.4) is 0 Å². The number of hydrogen-bond acceptors (Lipinski definition) is 5. The molecule has 104 valence electrons. The van der Waals surface area contributed by atoms with E-state index in [0.717, 1.165) is 16.8 Å². The summed E-state index contributed by atoms with van der Waals surface area (Å²) in [6.45, 7) is 0.426. The van der Waals surface area contributed by atoms with Gasteiger partial charge in [-0.15, -0.1) is 0 Å². The van der Waals surface area contributed by atoms with Crippen molar-refractivity contribution in [3.63, 3.8) is 0 Å². The number of nitrogens with zero attached hydrogens (tertiary/aromatic N) is 3. The highest BCUT2D eigenvalue weighted by Crippen LogP contribution is 2.20. The predicted molar refractivity (Wildman–Crippen MR) is 80.8 cm³/mol. The van der Waals surface area contributed by atoms with Crippen LogP contribution in [0, 0.1) is 0 Å². The molecule has 3 heterocycles. The molecule has 0 saturated carbocycles. The van der Waals surface area contributed by atoms with Crippen LogP contribution < -0.4 is 5.32 Å². The quantitative estimate of drug-likeness (QED) is 0.803. The first-order valence-corrected chi connectivity index (χ1v) is 7.29. The van der Waals surface area contributed by atoms with Crippen LogP contribution in [0.4, 0.5) is 0 Å². The van der Waals surface area contributed by atoms with Crippen LogP contribution >= 0.6 is 11.3 Å². The van der Waals surface area contributed by atoms with Crippen molar-refractivity contribution in [1.82, 2.24) is 20.3 Å². The van der Waals surface area contributed by atoms with Crippen LogP contribution in [0.25, 0.3) is 11.3 Å². The molecule has 0 unspecified atom stereocenters. The molecule has 21 heavy (non-hydrogen) atoms. The minimum absolute atomic E-state index is 0.239. The summed E-state index contributed by atoms with van der Waals surface area (Å²) in [7, 11) is 0. The second-order valence-corrected chi connectivity index (χ2v) is 5.11. The zero-order chi connectivity index (χ0) is 14.5. The molecule has 0 aliphatic rings. The van der Waals surface area contributed by atoms with Crippen molar-refractivity contribution >= 4 is 17.2 Å². The molecule has 0 aliphatic heterocycles. The molecular formula is C15H12N4OS. The van der Waals surface area contributed by atoms with Crippen molar-refractivity contribution in [2.24, 2.45) is 0 Å². The summed E-state index contributed by atoms with van der Waals surface area (Å²) in [5, 5.41) is 6.88. The van der Waals surface area contributed by atoms with E-state index in [4.69, 9.17) is 0 Å². The number of amides is 1. The van der Waals surface area contributed by atoms with Gasteiger partial charge in [0.15, 0.2) is 0 Å². The molecule has 5 nitrogen and oxygen atoms in total. The lowest BCUT2D eigenvalue weighted by atomic mass is 10.1. The molecule has 1 amide bonds. The average molecular weight is 296 g/mol. The van der Waals surface area contributed by atoms with Gasteiger partial charge in [-0.3, -0.25) is 14.8 Å². The van der Waals surface area contributed by atoms with Gasteiger partial charge in [-0.25, -0.2) is 4.98 Å². The first kappa shape index (κ1) is 13.4. The summed E-state index contributed by atoms with van der Waals surface area (Å²) in [5.41, 5.74) is 3.29. The fraction of sp³-hybridized carbons (Fsp3) is 0.0667. The standard InChI is InChI=1S/C15H12N4OS/c20-15(14-9-16-4-5-18-14)19-8-11-1-3-17-13(7-11)12-2-6-21-10-12/h1-7,9-10H,8H2,(H,19,20). The Morgan fingerprint density at radius 2 is 2.14 bits per heavy atom. The maximum absolute atomic E-state index is 11.9. The summed E-state index contributed by atoms with van der Waals surface area (Å²) in [6.07, 6.45) is 6.22.